The van der Waals surface area contributed by atoms with E-state index < -0.39 is 15.7 Å². The first-order valence-corrected chi connectivity index (χ1v) is 11.7. The van der Waals surface area contributed by atoms with E-state index in [1.54, 1.807) is 0 Å². The van der Waals surface area contributed by atoms with Crippen LogP contribution in [0.5, 0.6) is 0 Å². The molecule has 0 heterocycles. The molecule has 0 bridgehead atoms. The molecule has 0 fully saturated rings. The number of carbonyl (C=O) groups is 1. The molecule has 2 aromatic carbocycles. The Bertz CT molecular complexity index is 824. The van der Waals surface area contributed by atoms with E-state index in [-0.39, 0.29) is 24.7 Å². The first-order chi connectivity index (χ1) is 14.7. The zero-order valence-electron chi connectivity index (χ0n) is 18.8. The van der Waals surface area contributed by atoms with Gasteiger partial charge in [-0.2, -0.15) is 5.06 Å². The fraction of sp³-hybridized carbons (Fsp3) is 0.458. The van der Waals surface area contributed by atoms with Gasteiger partial charge in [-0.1, -0.05) is 60.7 Å². The SMILES string of the molecule is CC(=O)OCCC[C@H]([C@H](NS(=O)C(C)(C)C)c1ccccc1)N(O)Cc1ccccc1. The van der Waals surface area contributed by atoms with Crippen LogP contribution < -0.4 is 4.72 Å². The van der Waals surface area contributed by atoms with Gasteiger partial charge in [0, 0.05) is 13.5 Å². The van der Waals surface area contributed by atoms with Crippen molar-refractivity contribution in [2.75, 3.05) is 6.61 Å². The van der Waals surface area contributed by atoms with Crippen LogP contribution in [0, 0.1) is 0 Å². The van der Waals surface area contributed by atoms with Crippen molar-refractivity contribution in [3.63, 3.8) is 0 Å². The summed E-state index contributed by atoms with van der Waals surface area (Å²) in [6, 6.07) is 18.7. The smallest absolute Gasteiger partial charge is 0.302 e. The molecule has 0 aliphatic carbocycles. The summed E-state index contributed by atoms with van der Waals surface area (Å²) in [5.41, 5.74) is 1.91. The number of esters is 1. The molecule has 0 aliphatic heterocycles. The molecular weight excluding hydrogens is 412 g/mol. The zero-order valence-corrected chi connectivity index (χ0v) is 19.6. The molecule has 0 aromatic heterocycles. The summed E-state index contributed by atoms with van der Waals surface area (Å²) in [6.45, 7) is 7.71. The van der Waals surface area contributed by atoms with E-state index in [0.29, 0.717) is 19.4 Å². The van der Waals surface area contributed by atoms with E-state index in [2.05, 4.69) is 4.72 Å². The third-order valence-corrected chi connectivity index (χ3v) is 6.43. The molecule has 0 aliphatic rings. The average Bonchev–Trinajstić information content (AvgIpc) is 2.72. The fourth-order valence-corrected chi connectivity index (χ4v) is 4.08. The lowest BCUT2D eigenvalue weighted by Crippen LogP contribution is -2.46. The Kier molecular flexibility index (Phi) is 9.84. The maximum absolute atomic E-state index is 13.0. The Balaban J connectivity index is 2.31. The first kappa shape index (κ1) is 25.2. The summed E-state index contributed by atoms with van der Waals surface area (Å²) in [5.74, 6) is -0.326. The Morgan fingerprint density at radius 2 is 1.68 bits per heavy atom. The minimum atomic E-state index is -1.34. The maximum Gasteiger partial charge on any atom is 0.302 e. The second-order valence-corrected chi connectivity index (χ2v) is 10.5. The molecule has 0 radical (unpaired) electrons. The normalized spacial score (nSPS) is 14.8. The van der Waals surface area contributed by atoms with Crippen LogP contribution in [-0.2, 0) is 27.1 Å². The van der Waals surface area contributed by atoms with Gasteiger partial charge in [-0.15, -0.1) is 0 Å². The van der Waals surface area contributed by atoms with Crippen LogP contribution in [0.3, 0.4) is 0 Å². The van der Waals surface area contributed by atoms with Gasteiger partial charge in [0.2, 0.25) is 0 Å². The summed E-state index contributed by atoms with van der Waals surface area (Å²) in [6.07, 6.45) is 1.12. The molecule has 0 spiro atoms. The summed E-state index contributed by atoms with van der Waals surface area (Å²) in [4.78, 5) is 11.1. The van der Waals surface area contributed by atoms with Crippen molar-refractivity contribution in [3.05, 3.63) is 71.8 Å². The van der Waals surface area contributed by atoms with Gasteiger partial charge in [-0.25, -0.2) is 8.93 Å². The van der Waals surface area contributed by atoms with Crippen molar-refractivity contribution < 1.29 is 18.9 Å². The van der Waals surface area contributed by atoms with Gasteiger partial charge in [0.05, 0.1) is 34.4 Å². The molecule has 2 aromatic rings. The fourth-order valence-electron chi connectivity index (χ4n) is 3.21. The second kappa shape index (κ2) is 12.1. The van der Waals surface area contributed by atoms with Gasteiger partial charge in [0.15, 0.2) is 0 Å². The van der Waals surface area contributed by atoms with E-state index in [0.717, 1.165) is 11.1 Å². The molecule has 6 nitrogen and oxygen atoms in total. The van der Waals surface area contributed by atoms with Crippen molar-refractivity contribution in [2.24, 2.45) is 0 Å². The largest absolute Gasteiger partial charge is 0.466 e. The van der Waals surface area contributed by atoms with Crippen molar-refractivity contribution >= 4 is 17.0 Å². The van der Waals surface area contributed by atoms with Crippen LogP contribution in [0.4, 0.5) is 0 Å². The van der Waals surface area contributed by atoms with Crippen LogP contribution in [0.2, 0.25) is 0 Å². The van der Waals surface area contributed by atoms with E-state index in [1.165, 1.54) is 12.0 Å². The van der Waals surface area contributed by atoms with Crippen molar-refractivity contribution in [2.45, 2.75) is 63.9 Å². The Labute approximate surface area is 188 Å². The van der Waals surface area contributed by atoms with Crippen LogP contribution >= 0.6 is 0 Å². The molecule has 170 valence electrons. The summed E-state index contributed by atoms with van der Waals surface area (Å²) >= 11 is 0. The highest BCUT2D eigenvalue weighted by Crippen LogP contribution is 2.27. The first-order valence-electron chi connectivity index (χ1n) is 10.5. The Morgan fingerprint density at radius 1 is 1.10 bits per heavy atom. The standard InChI is InChI=1S/C24H34N2O4S/c1-19(27)30-17-11-16-22(26(28)18-20-12-7-5-8-13-20)23(21-14-9-6-10-15-21)25-31(29)24(2,3)4/h5-10,12-15,22-23,25,28H,11,16-18H2,1-4H3/t22-,23-,31?/m1/s1. The lowest BCUT2D eigenvalue weighted by atomic mass is 9.96. The van der Waals surface area contributed by atoms with Gasteiger partial charge in [0.1, 0.15) is 0 Å². The molecule has 2 rings (SSSR count). The van der Waals surface area contributed by atoms with E-state index >= 15 is 0 Å². The van der Waals surface area contributed by atoms with E-state index in [9.17, 15) is 14.2 Å². The number of ether oxygens (including phenoxy) is 1. The number of hydrogen-bond donors (Lipinski definition) is 2. The number of hydroxylamine groups is 2. The number of nitrogens with one attached hydrogen (secondary N) is 1. The highest BCUT2D eigenvalue weighted by Gasteiger charge is 2.32. The van der Waals surface area contributed by atoms with E-state index in [1.807, 2.05) is 81.4 Å². The number of rotatable bonds is 11. The molecule has 1 unspecified atom stereocenters. The third kappa shape index (κ3) is 8.53. The monoisotopic (exact) mass is 446 g/mol. The third-order valence-electron chi connectivity index (χ3n) is 4.85. The van der Waals surface area contributed by atoms with E-state index in [4.69, 9.17) is 4.74 Å². The molecule has 0 saturated heterocycles. The van der Waals surface area contributed by atoms with Crippen LogP contribution in [0.15, 0.2) is 60.7 Å². The molecule has 0 amide bonds. The number of nitrogens with zero attached hydrogens (tertiary/aromatic N) is 1. The lowest BCUT2D eigenvalue weighted by molar-refractivity contribution is -0.148. The molecular formula is C24H34N2O4S. The minimum Gasteiger partial charge on any atom is -0.466 e. The molecule has 31 heavy (non-hydrogen) atoms. The highest BCUT2D eigenvalue weighted by molar-refractivity contribution is 7.84. The highest BCUT2D eigenvalue weighted by atomic mass is 32.2. The zero-order chi connectivity index (χ0) is 22.9. The molecule has 7 heteroatoms. The number of hydrogen-bond acceptors (Lipinski definition) is 5. The van der Waals surface area contributed by atoms with Crippen LogP contribution in [0.25, 0.3) is 0 Å². The van der Waals surface area contributed by atoms with Gasteiger partial charge in [-0.3, -0.25) is 4.79 Å². The quantitative estimate of drug-likeness (QED) is 0.304. The summed E-state index contributed by atoms with van der Waals surface area (Å²) in [7, 11) is -1.34. The van der Waals surface area contributed by atoms with Crippen LogP contribution in [-0.4, -0.2) is 37.8 Å². The lowest BCUT2D eigenvalue weighted by Gasteiger charge is -2.35. The topological polar surface area (TPSA) is 78.9 Å². The van der Waals surface area contributed by atoms with Gasteiger partial charge < -0.3 is 9.94 Å². The average molecular weight is 447 g/mol. The Hall–Kier alpha value is -2.06. The van der Waals surface area contributed by atoms with Gasteiger partial charge in [-0.05, 0) is 44.7 Å². The number of carbonyl (C=O) groups excluding carboxylic acids is 1. The Morgan fingerprint density at radius 3 is 2.23 bits per heavy atom. The van der Waals surface area contributed by atoms with Crippen molar-refractivity contribution in [1.29, 1.82) is 0 Å². The summed E-state index contributed by atoms with van der Waals surface area (Å²) < 4.78 is 20.9. The maximum atomic E-state index is 13.0. The molecule has 2 N–H and O–H groups in total. The number of benzene rings is 2. The predicted molar refractivity (Wildman–Crippen MR) is 124 cm³/mol. The van der Waals surface area contributed by atoms with Crippen molar-refractivity contribution in [1.82, 2.24) is 9.79 Å². The van der Waals surface area contributed by atoms with Gasteiger partial charge >= 0.3 is 5.97 Å². The molecule has 3 atom stereocenters. The second-order valence-electron chi connectivity index (χ2n) is 8.52. The minimum absolute atomic E-state index is 0.273. The van der Waals surface area contributed by atoms with Crippen LogP contribution in [0.1, 0.15) is 57.7 Å². The molecule has 0 saturated carbocycles. The summed E-state index contributed by atoms with van der Waals surface area (Å²) in [5, 5.41) is 12.4. The van der Waals surface area contributed by atoms with Crippen molar-refractivity contribution in [3.8, 4) is 0 Å². The van der Waals surface area contributed by atoms with Gasteiger partial charge in [0.25, 0.3) is 0 Å². The predicted octanol–water partition coefficient (Wildman–Crippen LogP) is 4.38.